The van der Waals surface area contributed by atoms with Crippen molar-refractivity contribution in [2.45, 2.75) is 32.6 Å². The van der Waals surface area contributed by atoms with Gasteiger partial charge in [-0.2, -0.15) is 0 Å². The molecule has 1 aliphatic carbocycles. The van der Waals surface area contributed by atoms with Gasteiger partial charge >= 0.3 is 0 Å². The highest BCUT2D eigenvalue weighted by Crippen LogP contribution is 2.47. The van der Waals surface area contributed by atoms with Crippen LogP contribution in [0, 0.1) is 5.41 Å². The van der Waals surface area contributed by atoms with E-state index in [0.29, 0.717) is 11.3 Å². The second kappa shape index (κ2) is 11.4. The van der Waals surface area contributed by atoms with Crippen molar-refractivity contribution in [1.29, 1.82) is 0 Å². The number of ether oxygens (including phenoxy) is 2. The topological polar surface area (TPSA) is 57.2 Å². The van der Waals surface area contributed by atoms with Gasteiger partial charge < -0.3 is 24.2 Å². The molecule has 0 radical (unpaired) electrons. The third-order valence-electron chi connectivity index (χ3n) is 8.75. The molecule has 0 amide bonds. The van der Waals surface area contributed by atoms with Crippen LogP contribution >= 0.6 is 0 Å². The molecule has 3 aliphatic heterocycles. The molecule has 4 aliphatic rings. The summed E-state index contributed by atoms with van der Waals surface area (Å²) in [6, 6.07) is 15.1. The zero-order chi connectivity index (χ0) is 27.7. The number of benzene rings is 2. The number of anilines is 3. The number of hydrogen-bond acceptors (Lipinski definition) is 8. The Morgan fingerprint density at radius 3 is 2.42 bits per heavy atom. The Bertz CT molecular complexity index is 1310. The van der Waals surface area contributed by atoms with E-state index in [2.05, 4.69) is 63.0 Å². The number of methoxy groups -OCH3 is 1. The number of likely N-dealkylation sites (N-methyl/N-ethyl adjacent to an activating group) is 1. The lowest BCUT2D eigenvalue weighted by Crippen LogP contribution is -2.72. The average molecular weight is 545 g/mol. The van der Waals surface area contributed by atoms with Crippen molar-refractivity contribution in [2.24, 2.45) is 5.41 Å². The molecule has 3 aromatic rings. The largest absolute Gasteiger partial charge is 0.495 e. The first-order valence-corrected chi connectivity index (χ1v) is 15.1. The van der Waals surface area contributed by atoms with Crippen molar-refractivity contribution in [2.75, 3.05) is 94.4 Å². The Labute approximate surface area is 238 Å². The van der Waals surface area contributed by atoms with Gasteiger partial charge in [-0.1, -0.05) is 26.0 Å². The first-order valence-electron chi connectivity index (χ1n) is 15.1. The first kappa shape index (κ1) is 27.1. The molecule has 3 saturated heterocycles. The predicted octanol–water partition coefficient (Wildman–Crippen LogP) is 4.64. The van der Waals surface area contributed by atoms with Crippen molar-refractivity contribution in [3.8, 4) is 5.75 Å². The lowest BCUT2D eigenvalue weighted by molar-refractivity contribution is 0.0393. The van der Waals surface area contributed by atoms with Gasteiger partial charge in [0.1, 0.15) is 17.4 Å². The van der Waals surface area contributed by atoms with Crippen molar-refractivity contribution in [3.63, 3.8) is 0 Å². The zero-order valence-corrected chi connectivity index (χ0v) is 24.6. The molecule has 0 N–H and O–H groups in total. The molecule has 7 rings (SSSR count). The Hall–Kier alpha value is -3.10. The van der Waals surface area contributed by atoms with Gasteiger partial charge in [-0.25, -0.2) is 9.97 Å². The molecule has 8 nitrogen and oxygen atoms in total. The summed E-state index contributed by atoms with van der Waals surface area (Å²) < 4.78 is 11.1. The zero-order valence-electron chi connectivity index (χ0n) is 24.6. The minimum atomic E-state index is 0.338. The van der Waals surface area contributed by atoms with E-state index >= 15 is 0 Å². The maximum absolute atomic E-state index is 5.60. The molecule has 0 bridgehead atoms. The summed E-state index contributed by atoms with van der Waals surface area (Å²) in [4.78, 5) is 20.0. The number of fused-ring (bicyclic) bond motifs is 1. The number of rotatable bonds is 8. The third-order valence-corrected chi connectivity index (χ3v) is 8.75. The van der Waals surface area contributed by atoms with Gasteiger partial charge in [-0.15, -0.1) is 0 Å². The first-order chi connectivity index (χ1) is 19.6. The Balaban J connectivity index is 0.00000142. The lowest BCUT2D eigenvalue weighted by Gasteiger charge is -2.61. The molecule has 214 valence electrons. The molecule has 40 heavy (non-hydrogen) atoms. The molecular formula is C32H44N6O2. The molecular weight excluding hydrogens is 500 g/mol. The van der Waals surface area contributed by atoms with Crippen LogP contribution in [0.15, 0.2) is 42.5 Å². The van der Waals surface area contributed by atoms with E-state index in [1.54, 1.807) is 7.11 Å². The quantitative estimate of drug-likeness (QED) is 0.407. The minimum absolute atomic E-state index is 0.338. The summed E-state index contributed by atoms with van der Waals surface area (Å²) >= 11 is 0. The van der Waals surface area contributed by atoms with Crippen molar-refractivity contribution < 1.29 is 9.47 Å². The summed E-state index contributed by atoms with van der Waals surface area (Å²) in [6.07, 6.45) is 2.43. The van der Waals surface area contributed by atoms with Crippen LogP contribution < -0.4 is 19.4 Å². The van der Waals surface area contributed by atoms with E-state index in [1.807, 2.05) is 19.9 Å². The van der Waals surface area contributed by atoms with Gasteiger partial charge in [-0.3, -0.25) is 4.90 Å². The Morgan fingerprint density at radius 2 is 1.70 bits per heavy atom. The van der Waals surface area contributed by atoms with E-state index in [-0.39, 0.29) is 0 Å². The number of para-hydroxylation sites is 2. The maximum Gasteiger partial charge on any atom is 0.142 e. The van der Waals surface area contributed by atoms with Crippen LogP contribution in [0.5, 0.6) is 5.75 Å². The summed E-state index contributed by atoms with van der Waals surface area (Å²) in [6.45, 7) is 14.0. The SMILES string of the molecule is CC.COc1ccccc1N1CC2(C1)CN(c1nc(C3CC3)nc3ccc(N(C)CCN4CCOCC4)cc13)C2. The fraction of sp³-hybridized carbons (Fsp3) is 0.562. The fourth-order valence-corrected chi connectivity index (χ4v) is 6.30. The van der Waals surface area contributed by atoms with Crippen LogP contribution in [0.3, 0.4) is 0 Å². The van der Waals surface area contributed by atoms with E-state index in [9.17, 15) is 0 Å². The number of morpholine rings is 1. The summed E-state index contributed by atoms with van der Waals surface area (Å²) in [5.41, 5.74) is 3.85. The van der Waals surface area contributed by atoms with Gasteiger partial charge in [-0.05, 0) is 43.2 Å². The number of aromatic nitrogens is 2. The van der Waals surface area contributed by atoms with Crippen LogP contribution in [0.1, 0.15) is 38.4 Å². The highest BCUT2D eigenvalue weighted by atomic mass is 16.5. The number of nitrogens with zero attached hydrogens (tertiary/aromatic N) is 6. The van der Waals surface area contributed by atoms with Crippen LogP contribution in [-0.4, -0.2) is 94.6 Å². The van der Waals surface area contributed by atoms with Gasteiger partial charge in [0.05, 0.1) is 31.5 Å². The molecule has 4 heterocycles. The van der Waals surface area contributed by atoms with Crippen molar-refractivity contribution >= 4 is 28.1 Å². The predicted molar refractivity (Wildman–Crippen MR) is 163 cm³/mol. The molecule has 0 atom stereocenters. The summed E-state index contributed by atoms with van der Waals surface area (Å²) in [5, 5.41) is 1.18. The third kappa shape index (κ3) is 5.31. The summed E-state index contributed by atoms with van der Waals surface area (Å²) in [5.74, 6) is 3.65. The average Bonchev–Trinajstić information content (AvgIpc) is 3.82. The second-order valence-electron chi connectivity index (χ2n) is 11.6. The van der Waals surface area contributed by atoms with Gasteiger partial charge in [0, 0.05) is 81.8 Å². The molecule has 1 spiro atoms. The van der Waals surface area contributed by atoms with Crippen molar-refractivity contribution in [3.05, 3.63) is 48.3 Å². The molecule has 0 unspecified atom stereocenters. The Morgan fingerprint density at radius 1 is 0.975 bits per heavy atom. The molecule has 1 aromatic heterocycles. The standard InChI is InChI=1S/C30H38N6O2.C2H6/c1-33(11-12-34-13-15-38-16-14-34)23-9-10-25-24(17-23)29(32-28(31-25)22-7-8-22)36-20-30(21-36)18-35(19-30)26-5-3-4-6-27(26)37-2;1-2/h3-6,9-10,17,22H,7-8,11-16,18-21H2,1-2H3;1-2H3. The second-order valence-corrected chi connectivity index (χ2v) is 11.6. The van der Waals surface area contributed by atoms with E-state index in [4.69, 9.17) is 19.4 Å². The van der Waals surface area contributed by atoms with Crippen LogP contribution in [-0.2, 0) is 4.74 Å². The van der Waals surface area contributed by atoms with Crippen LogP contribution in [0.2, 0.25) is 0 Å². The Kier molecular flexibility index (Phi) is 7.73. The van der Waals surface area contributed by atoms with Gasteiger partial charge in [0.2, 0.25) is 0 Å². The number of hydrogen-bond donors (Lipinski definition) is 0. The van der Waals surface area contributed by atoms with E-state index in [1.165, 1.54) is 29.6 Å². The van der Waals surface area contributed by atoms with E-state index in [0.717, 1.165) is 88.5 Å². The maximum atomic E-state index is 5.60. The smallest absolute Gasteiger partial charge is 0.142 e. The van der Waals surface area contributed by atoms with Crippen LogP contribution in [0.25, 0.3) is 10.9 Å². The molecule has 2 aromatic carbocycles. The van der Waals surface area contributed by atoms with Crippen LogP contribution in [0.4, 0.5) is 17.2 Å². The molecule has 4 fully saturated rings. The van der Waals surface area contributed by atoms with Gasteiger partial charge in [0.15, 0.2) is 0 Å². The highest BCUT2D eigenvalue weighted by molar-refractivity contribution is 5.93. The summed E-state index contributed by atoms with van der Waals surface area (Å²) in [7, 11) is 3.95. The minimum Gasteiger partial charge on any atom is -0.495 e. The van der Waals surface area contributed by atoms with E-state index < -0.39 is 0 Å². The lowest BCUT2D eigenvalue weighted by atomic mass is 9.72. The monoisotopic (exact) mass is 544 g/mol. The highest BCUT2D eigenvalue weighted by Gasteiger charge is 2.53. The van der Waals surface area contributed by atoms with Gasteiger partial charge in [0.25, 0.3) is 0 Å². The molecule has 1 saturated carbocycles. The fourth-order valence-electron chi connectivity index (χ4n) is 6.30. The normalized spacial score (nSPS) is 20.0. The van der Waals surface area contributed by atoms with Crippen molar-refractivity contribution in [1.82, 2.24) is 14.9 Å². The molecule has 8 heteroatoms.